The number of benzene rings is 2. The monoisotopic (exact) mass is 313 g/mol. The number of hydrogen-bond acceptors (Lipinski definition) is 4. The summed E-state index contributed by atoms with van der Waals surface area (Å²) >= 11 is 0. The molecular weight excluding hydrogens is 297 g/mol. The van der Waals surface area contributed by atoms with Crippen molar-refractivity contribution < 1.29 is 18.8 Å². The van der Waals surface area contributed by atoms with Crippen molar-refractivity contribution in [2.75, 3.05) is 0 Å². The molecule has 0 aliphatic carbocycles. The zero-order valence-corrected chi connectivity index (χ0v) is 12.4. The van der Waals surface area contributed by atoms with Crippen LogP contribution in [0.1, 0.15) is 36.2 Å². The molecule has 118 valence electrons. The summed E-state index contributed by atoms with van der Waals surface area (Å²) in [4.78, 5) is 16.2. The van der Waals surface area contributed by atoms with E-state index in [0.29, 0.717) is 19.3 Å². The molecule has 0 bridgehead atoms. The average Bonchev–Trinajstić information content (AvgIpc) is 3.05. The molecule has 0 saturated heterocycles. The van der Waals surface area contributed by atoms with Gasteiger partial charge in [-0.3, -0.25) is 4.79 Å². The number of carbonyl (C=O) groups is 1. The Hall–Kier alpha value is -2.69. The van der Waals surface area contributed by atoms with Gasteiger partial charge in [0.05, 0.1) is 5.71 Å². The van der Waals surface area contributed by atoms with Crippen molar-refractivity contribution in [1.29, 1.82) is 0 Å². The lowest BCUT2D eigenvalue weighted by atomic mass is 9.98. The minimum atomic E-state index is -0.495. The lowest BCUT2D eigenvalue weighted by Crippen LogP contribution is -2.10. The van der Waals surface area contributed by atoms with Gasteiger partial charge in [0.1, 0.15) is 11.9 Å². The highest BCUT2D eigenvalue weighted by Crippen LogP contribution is 2.31. The van der Waals surface area contributed by atoms with E-state index < -0.39 is 6.10 Å². The van der Waals surface area contributed by atoms with Crippen molar-refractivity contribution in [3.8, 4) is 0 Å². The second kappa shape index (κ2) is 7.05. The molecule has 2 aromatic rings. The van der Waals surface area contributed by atoms with E-state index in [9.17, 15) is 9.18 Å². The molecule has 1 heterocycles. The van der Waals surface area contributed by atoms with Crippen molar-refractivity contribution >= 4 is 12.2 Å². The van der Waals surface area contributed by atoms with Gasteiger partial charge in [-0.15, -0.1) is 0 Å². The fraction of sp³-hybridized carbons (Fsp3) is 0.222. The van der Waals surface area contributed by atoms with Gasteiger partial charge >= 0.3 is 0 Å². The van der Waals surface area contributed by atoms with Crippen LogP contribution >= 0.6 is 0 Å². The van der Waals surface area contributed by atoms with Crippen LogP contribution in [0.3, 0.4) is 0 Å². The van der Waals surface area contributed by atoms with E-state index in [1.165, 1.54) is 12.1 Å². The first kappa shape index (κ1) is 15.2. The summed E-state index contributed by atoms with van der Waals surface area (Å²) in [6.07, 6.45) is 0.457. The van der Waals surface area contributed by atoms with Gasteiger partial charge in [-0.05, 0) is 23.3 Å². The number of ether oxygens (including phenoxy) is 1. The molecule has 4 nitrogen and oxygen atoms in total. The highest BCUT2D eigenvalue weighted by Gasteiger charge is 2.26. The van der Waals surface area contributed by atoms with Crippen molar-refractivity contribution in [2.24, 2.45) is 5.16 Å². The molecule has 0 spiro atoms. The third-order valence-electron chi connectivity index (χ3n) is 3.78. The predicted octanol–water partition coefficient (Wildman–Crippen LogP) is 3.95. The Labute approximate surface area is 133 Å². The molecule has 0 radical (unpaired) electrons. The van der Waals surface area contributed by atoms with Gasteiger partial charge in [0.15, 0.2) is 6.10 Å². The van der Waals surface area contributed by atoms with Crippen molar-refractivity contribution in [1.82, 2.24) is 0 Å². The molecule has 1 aliphatic rings. The van der Waals surface area contributed by atoms with E-state index >= 15 is 0 Å². The minimum absolute atomic E-state index is 0.115. The van der Waals surface area contributed by atoms with Crippen molar-refractivity contribution in [2.45, 2.75) is 25.0 Å². The van der Waals surface area contributed by atoms with E-state index in [-0.39, 0.29) is 11.9 Å². The quantitative estimate of drug-likeness (QED) is 0.759. The van der Waals surface area contributed by atoms with Crippen LogP contribution in [-0.4, -0.2) is 12.2 Å². The lowest BCUT2D eigenvalue weighted by Gasteiger charge is -2.15. The summed E-state index contributed by atoms with van der Waals surface area (Å²) < 4.78 is 18.2. The third-order valence-corrected chi connectivity index (χ3v) is 3.78. The number of oxime groups is 1. The van der Waals surface area contributed by atoms with E-state index in [4.69, 9.17) is 9.57 Å². The Balaban J connectivity index is 1.67. The molecular formula is C18H16FNO3. The van der Waals surface area contributed by atoms with Crippen LogP contribution < -0.4 is 0 Å². The van der Waals surface area contributed by atoms with Crippen molar-refractivity contribution in [3.63, 3.8) is 0 Å². The van der Waals surface area contributed by atoms with Gasteiger partial charge in [0.2, 0.25) is 0 Å². The predicted molar refractivity (Wildman–Crippen MR) is 83.2 cm³/mol. The van der Waals surface area contributed by atoms with Crippen LogP contribution in [0.15, 0.2) is 59.8 Å². The van der Waals surface area contributed by atoms with Crippen LogP contribution in [0.2, 0.25) is 0 Å². The zero-order valence-electron chi connectivity index (χ0n) is 12.4. The maximum Gasteiger partial charge on any atom is 0.293 e. The van der Waals surface area contributed by atoms with Gasteiger partial charge in [-0.1, -0.05) is 47.6 Å². The number of halogens is 1. The van der Waals surface area contributed by atoms with E-state index in [1.54, 1.807) is 12.1 Å². The van der Waals surface area contributed by atoms with Crippen molar-refractivity contribution in [3.05, 3.63) is 71.5 Å². The fourth-order valence-corrected chi connectivity index (χ4v) is 2.60. The van der Waals surface area contributed by atoms with Crippen LogP contribution in [-0.2, 0) is 14.4 Å². The first-order valence-electron chi connectivity index (χ1n) is 7.37. The second-order valence-electron chi connectivity index (χ2n) is 5.34. The smallest absolute Gasteiger partial charge is 0.293 e. The Morgan fingerprint density at radius 3 is 2.65 bits per heavy atom. The molecule has 2 atom stereocenters. The van der Waals surface area contributed by atoms with Crippen LogP contribution in [0, 0.1) is 5.82 Å². The Kier molecular flexibility index (Phi) is 4.66. The Bertz CT molecular complexity index is 685. The minimum Gasteiger partial charge on any atom is -0.459 e. The number of carbonyl (C=O) groups excluding carboxylic acids is 1. The number of nitrogens with zero attached hydrogens (tertiary/aromatic N) is 1. The highest BCUT2D eigenvalue weighted by atomic mass is 19.1. The molecule has 5 heteroatoms. The van der Waals surface area contributed by atoms with Crippen LogP contribution in [0.5, 0.6) is 0 Å². The number of rotatable bonds is 6. The first-order chi connectivity index (χ1) is 11.3. The fourth-order valence-electron chi connectivity index (χ4n) is 2.60. The lowest BCUT2D eigenvalue weighted by molar-refractivity contribution is -0.133. The highest BCUT2D eigenvalue weighted by molar-refractivity contribution is 5.86. The van der Waals surface area contributed by atoms with E-state index in [1.807, 2.05) is 30.3 Å². The van der Waals surface area contributed by atoms with Crippen LogP contribution in [0.4, 0.5) is 4.39 Å². The SMILES string of the molecule is O=COC(CC1=NOC(c2ccccc2)C1)c1ccc(F)cc1. The van der Waals surface area contributed by atoms with Gasteiger partial charge in [-0.25, -0.2) is 4.39 Å². The maximum atomic E-state index is 13.0. The summed E-state index contributed by atoms with van der Waals surface area (Å²) in [5.41, 5.74) is 2.60. The van der Waals surface area contributed by atoms with Gasteiger partial charge in [-0.2, -0.15) is 0 Å². The summed E-state index contributed by atoms with van der Waals surface area (Å²) in [5.74, 6) is -0.329. The molecule has 2 unspecified atom stereocenters. The normalized spacial score (nSPS) is 18.0. The molecule has 3 rings (SSSR count). The van der Waals surface area contributed by atoms with Gasteiger partial charge < -0.3 is 9.57 Å². The molecule has 0 N–H and O–H groups in total. The molecule has 0 amide bonds. The van der Waals surface area contributed by atoms with Gasteiger partial charge in [0.25, 0.3) is 6.47 Å². The molecule has 2 aromatic carbocycles. The largest absolute Gasteiger partial charge is 0.459 e. The standard InChI is InChI=1S/C18H16FNO3/c19-15-8-6-14(7-9-15)17(22-12-21)10-16-11-18(23-20-16)13-4-2-1-3-5-13/h1-9,12,17-18H,10-11H2. The Morgan fingerprint density at radius 1 is 1.22 bits per heavy atom. The number of hydrogen-bond donors (Lipinski definition) is 0. The summed E-state index contributed by atoms with van der Waals surface area (Å²) in [6.45, 7) is 0.402. The summed E-state index contributed by atoms with van der Waals surface area (Å²) in [7, 11) is 0. The maximum absolute atomic E-state index is 13.0. The molecule has 23 heavy (non-hydrogen) atoms. The third kappa shape index (κ3) is 3.74. The van der Waals surface area contributed by atoms with E-state index in [2.05, 4.69) is 5.16 Å². The van der Waals surface area contributed by atoms with Gasteiger partial charge in [0, 0.05) is 12.8 Å². The summed E-state index contributed by atoms with van der Waals surface area (Å²) in [5, 5.41) is 4.11. The summed E-state index contributed by atoms with van der Waals surface area (Å²) in [6, 6.07) is 15.7. The molecule has 0 aromatic heterocycles. The molecule has 1 aliphatic heterocycles. The first-order valence-corrected chi connectivity index (χ1v) is 7.37. The molecule has 0 saturated carbocycles. The molecule has 0 fully saturated rings. The van der Waals surface area contributed by atoms with Crippen LogP contribution in [0.25, 0.3) is 0 Å². The van der Waals surface area contributed by atoms with E-state index in [0.717, 1.165) is 16.8 Å². The second-order valence-corrected chi connectivity index (χ2v) is 5.34. The zero-order chi connectivity index (χ0) is 16.1. The Morgan fingerprint density at radius 2 is 1.96 bits per heavy atom. The average molecular weight is 313 g/mol. The topological polar surface area (TPSA) is 47.9 Å².